The van der Waals surface area contributed by atoms with Crippen molar-refractivity contribution in [3.63, 3.8) is 0 Å². The molecule has 0 bridgehead atoms. The Balaban J connectivity index is 1.52. The van der Waals surface area contributed by atoms with E-state index in [0.717, 1.165) is 15.3 Å². The number of benzene rings is 2. The number of fused-ring (bicyclic) bond motifs is 1. The van der Waals surface area contributed by atoms with Crippen LogP contribution in [0.2, 0.25) is 0 Å². The first-order valence-electron chi connectivity index (χ1n) is 13.7. The zero-order chi connectivity index (χ0) is 31.0. The fraction of sp³-hybridized carbons (Fsp3) is 0.433. The predicted octanol–water partition coefficient (Wildman–Crippen LogP) is 2.93. The minimum atomic E-state index is -3.93. The van der Waals surface area contributed by atoms with Gasteiger partial charge in [-0.15, -0.1) is 0 Å². The molecule has 0 saturated carbocycles. The Morgan fingerprint density at radius 1 is 1.07 bits per heavy atom. The minimum absolute atomic E-state index is 0.0500. The molecule has 4 rings (SSSR count). The first kappa shape index (κ1) is 32.5. The van der Waals surface area contributed by atoms with Crippen LogP contribution in [0.1, 0.15) is 17.9 Å². The summed E-state index contributed by atoms with van der Waals surface area (Å²) in [6.45, 7) is -0.434. The molecule has 12 nitrogen and oxygen atoms in total. The largest absolute Gasteiger partial charge is 0.497 e. The van der Waals surface area contributed by atoms with Crippen LogP contribution in [0, 0.1) is 0 Å². The molecule has 0 radical (unpaired) electrons. The summed E-state index contributed by atoms with van der Waals surface area (Å²) in [5, 5.41) is 10.5. The summed E-state index contributed by atoms with van der Waals surface area (Å²) in [6, 6.07) is 13.6. The molecule has 43 heavy (non-hydrogen) atoms. The number of rotatable bonds is 15. The molecule has 0 aliphatic carbocycles. The number of allylic oxidation sites excluding steroid dienone is 1. The second-order valence-corrected chi connectivity index (χ2v) is 11.8. The standard InChI is InChI=1S/C30H38N2O10S/c1-31(19-29(38-3)39-4)30(34)27-17-21(25-20-41-26-8-6-5-7-24(25)26)18-28(42-27)40-16-14-32(13-15-33)43(35,36)23-11-9-22(37-2)10-12-23/h5-12,17,20-21,28-29,33H,13-16,18-19H2,1-4H3/t21-,28+/m0/s1. The van der Waals surface area contributed by atoms with Gasteiger partial charge in [-0.25, -0.2) is 8.42 Å². The Morgan fingerprint density at radius 3 is 2.47 bits per heavy atom. The number of aliphatic hydroxyl groups is 1. The number of para-hydroxylation sites is 1. The van der Waals surface area contributed by atoms with Crippen molar-refractivity contribution in [3.8, 4) is 5.75 Å². The number of ether oxygens (including phenoxy) is 5. The lowest BCUT2D eigenvalue weighted by Crippen LogP contribution is -2.40. The zero-order valence-corrected chi connectivity index (χ0v) is 25.5. The van der Waals surface area contributed by atoms with Gasteiger partial charge in [0.1, 0.15) is 11.3 Å². The van der Waals surface area contributed by atoms with Crippen LogP contribution in [0.4, 0.5) is 0 Å². The third-order valence-corrected chi connectivity index (χ3v) is 9.08. The van der Waals surface area contributed by atoms with Crippen molar-refractivity contribution in [2.24, 2.45) is 0 Å². The van der Waals surface area contributed by atoms with Crippen molar-refractivity contribution >= 4 is 26.9 Å². The SMILES string of the molecule is COc1ccc(S(=O)(=O)N(CCO)CCO[C@H]2C[C@@H](c3coc4ccccc34)C=C(C(=O)N(C)CC(OC)OC)O2)cc1. The van der Waals surface area contributed by atoms with E-state index in [9.17, 15) is 18.3 Å². The molecule has 0 spiro atoms. The Hall–Kier alpha value is -3.46. The molecule has 13 heteroatoms. The molecule has 1 aromatic heterocycles. The van der Waals surface area contributed by atoms with Crippen LogP contribution in [-0.2, 0) is 33.8 Å². The fourth-order valence-corrected chi connectivity index (χ4v) is 6.21. The monoisotopic (exact) mass is 618 g/mol. The van der Waals surface area contributed by atoms with Crippen LogP contribution in [0.25, 0.3) is 11.0 Å². The number of carbonyl (C=O) groups excluding carboxylic acids is 1. The molecule has 0 fully saturated rings. The van der Waals surface area contributed by atoms with E-state index in [1.807, 2.05) is 24.3 Å². The van der Waals surface area contributed by atoms with Crippen LogP contribution in [0.5, 0.6) is 5.75 Å². The highest BCUT2D eigenvalue weighted by Crippen LogP contribution is 2.36. The van der Waals surface area contributed by atoms with E-state index >= 15 is 0 Å². The normalized spacial score (nSPS) is 17.2. The lowest BCUT2D eigenvalue weighted by atomic mass is 9.92. The topological polar surface area (TPSA) is 137 Å². The zero-order valence-electron chi connectivity index (χ0n) is 24.7. The fourth-order valence-electron chi connectivity index (χ4n) is 4.80. The van der Waals surface area contributed by atoms with Gasteiger partial charge in [-0.05, 0) is 36.4 Å². The third-order valence-electron chi connectivity index (χ3n) is 7.16. The molecule has 2 aromatic carbocycles. The molecule has 234 valence electrons. The molecule has 1 amide bonds. The molecule has 0 unspecified atom stereocenters. The molecular weight excluding hydrogens is 580 g/mol. The molecule has 2 atom stereocenters. The van der Waals surface area contributed by atoms with Crippen LogP contribution in [0.3, 0.4) is 0 Å². The van der Waals surface area contributed by atoms with E-state index in [1.165, 1.54) is 38.4 Å². The number of aliphatic hydroxyl groups excluding tert-OH is 1. The lowest BCUT2D eigenvalue weighted by Gasteiger charge is -2.31. The van der Waals surface area contributed by atoms with Crippen LogP contribution in [0.15, 0.2) is 75.9 Å². The predicted molar refractivity (Wildman–Crippen MR) is 157 cm³/mol. The number of methoxy groups -OCH3 is 3. The number of hydrogen-bond acceptors (Lipinski definition) is 10. The highest BCUT2D eigenvalue weighted by molar-refractivity contribution is 7.89. The van der Waals surface area contributed by atoms with Gasteiger partial charge in [-0.3, -0.25) is 4.79 Å². The van der Waals surface area contributed by atoms with Crippen LogP contribution < -0.4 is 4.74 Å². The van der Waals surface area contributed by atoms with Crippen molar-refractivity contribution in [2.45, 2.75) is 29.8 Å². The third kappa shape index (κ3) is 7.74. The van der Waals surface area contributed by atoms with E-state index in [-0.39, 0.29) is 49.4 Å². The van der Waals surface area contributed by atoms with Crippen molar-refractivity contribution in [2.75, 3.05) is 61.2 Å². The quantitative estimate of drug-likeness (QED) is 0.253. The Morgan fingerprint density at radius 2 is 1.79 bits per heavy atom. The summed E-state index contributed by atoms with van der Waals surface area (Å²) in [7, 11) is 2.16. The summed E-state index contributed by atoms with van der Waals surface area (Å²) in [4.78, 5) is 14.9. The second-order valence-electron chi connectivity index (χ2n) is 9.87. The molecule has 1 aliphatic rings. The van der Waals surface area contributed by atoms with Gasteiger partial charge < -0.3 is 38.1 Å². The molecule has 2 heterocycles. The maximum absolute atomic E-state index is 13.4. The average Bonchev–Trinajstić information content (AvgIpc) is 3.47. The van der Waals surface area contributed by atoms with Crippen molar-refractivity contribution in [3.05, 3.63) is 72.2 Å². The van der Waals surface area contributed by atoms with E-state index in [0.29, 0.717) is 17.8 Å². The summed E-state index contributed by atoms with van der Waals surface area (Å²) >= 11 is 0. The highest BCUT2D eigenvalue weighted by Gasteiger charge is 2.33. The summed E-state index contributed by atoms with van der Waals surface area (Å²) < 4.78 is 61.1. The maximum atomic E-state index is 13.4. The molecule has 3 aromatic rings. The van der Waals surface area contributed by atoms with Crippen LogP contribution >= 0.6 is 0 Å². The summed E-state index contributed by atoms with van der Waals surface area (Å²) in [5.41, 5.74) is 1.59. The molecule has 0 saturated heterocycles. The minimum Gasteiger partial charge on any atom is -0.497 e. The Kier molecular flexibility index (Phi) is 11.2. The number of likely N-dealkylation sites (N-methyl/N-ethyl adjacent to an activating group) is 1. The number of sulfonamides is 1. The van der Waals surface area contributed by atoms with Gasteiger partial charge in [0.15, 0.2) is 12.0 Å². The van der Waals surface area contributed by atoms with E-state index in [4.69, 9.17) is 28.1 Å². The van der Waals surface area contributed by atoms with E-state index in [2.05, 4.69) is 0 Å². The van der Waals surface area contributed by atoms with Gasteiger partial charge in [-0.1, -0.05) is 18.2 Å². The lowest BCUT2D eigenvalue weighted by molar-refractivity contribution is -0.158. The summed E-state index contributed by atoms with van der Waals surface area (Å²) in [5.74, 6) is -0.0753. The van der Waals surface area contributed by atoms with Crippen molar-refractivity contribution < 1.29 is 46.4 Å². The van der Waals surface area contributed by atoms with Crippen molar-refractivity contribution in [1.29, 1.82) is 0 Å². The number of amides is 1. The highest BCUT2D eigenvalue weighted by atomic mass is 32.2. The average molecular weight is 619 g/mol. The van der Waals surface area contributed by atoms with Gasteiger partial charge in [-0.2, -0.15) is 4.31 Å². The van der Waals surface area contributed by atoms with E-state index < -0.39 is 28.5 Å². The first-order chi connectivity index (χ1) is 20.7. The number of nitrogens with zero attached hydrogens (tertiary/aromatic N) is 2. The number of carbonyl (C=O) groups is 1. The summed E-state index contributed by atoms with van der Waals surface area (Å²) in [6.07, 6.45) is 2.28. The molecule has 1 aliphatic heterocycles. The number of furan rings is 1. The Bertz CT molecular complexity index is 1480. The molecule has 1 N–H and O–H groups in total. The smallest absolute Gasteiger partial charge is 0.288 e. The maximum Gasteiger partial charge on any atom is 0.288 e. The van der Waals surface area contributed by atoms with Crippen molar-refractivity contribution in [1.82, 2.24) is 9.21 Å². The van der Waals surface area contributed by atoms with Gasteiger partial charge in [0.2, 0.25) is 16.3 Å². The first-order valence-corrected chi connectivity index (χ1v) is 15.2. The second kappa shape index (κ2) is 14.8. The van der Waals surface area contributed by atoms with Gasteiger partial charge >= 0.3 is 0 Å². The van der Waals surface area contributed by atoms with Gasteiger partial charge in [0.25, 0.3) is 5.91 Å². The van der Waals surface area contributed by atoms with Gasteiger partial charge in [0, 0.05) is 57.6 Å². The van der Waals surface area contributed by atoms with Gasteiger partial charge in [0.05, 0.1) is 38.0 Å². The van der Waals surface area contributed by atoms with E-state index in [1.54, 1.807) is 31.5 Å². The Labute approximate surface area is 251 Å². The van der Waals surface area contributed by atoms with Crippen LogP contribution in [-0.4, -0.2) is 102 Å². The number of hydrogen-bond donors (Lipinski definition) is 1. The molecular formula is C30H38N2O10S.